The molecule has 0 radical (unpaired) electrons. The third kappa shape index (κ3) is 6.15. The van der Waals surface area contributed by atoms with Gasteiger partial charge in [-0.15, -0.1) is 0 Å². The molecular weight excluding hydrogens is 490 g/mol. The molecule has 4 rings (SSSR count). The van der Waals surface area contributed by atoms with Crippen LogP contribution in [-0.2, 0) is 17.9 Å². The number of benzene rings is 2. The van der Waals surface area contributed by atoms with Gasteiger partial charge in [0.1, 0.15) is 18.1 Å². The number of carbonyl (C=O) groups is 1. The quantitative estimate of drug-likeness (QED) is 0.339. The van der Waals surface area contributed by atoms with Gasteiger partial charge in [0.05, 0.1) is 12.0 Å². The van der Waals surface area contributed by atoms with E-state index in [2.05, 4.69) is 15.6 Å². The summed E-state index contributed by atoms with van der Waals surface area (Å²) in [6.45, 7) is 6.61. The molecule has 8 nitrogen and oxygen atoms in total. The van der Waals surface area contributed by atoms with E-state index in [1.807, 2.05) is 64.2 Å². The van der Waals surface area contributed by atoms with E-state index in [1.54, 1.807) is 18.3 Å². The van der Waals surface area contributed by atoms with Gasteiger partial charge in [0.15, 0.2) is 5.65 Å². The molecule has 37 heavy (non-hydrogen) atoms. The van der Waals surface area contributed by atoms with Crippen molar-refractivity contribution in [3.8, 4) is 28.3 Å². The number of amides is 1. The number of nitrogens with one attached hydrogen (secondary N) is 2. The Labute approximate surface area is 220 Å². The number of hydrogen-bond donors (Lipinski definition) is 2. The maximum atomic E-state index is 13.8. The largest absolute Gasteiger partial charge is 0.494 e. The summed E-state index contributed by atoms with van der Waals surface area (Å²) in [5, 5.41) is 6.87. The zero-order valence-electron chi connectivity index (χ0n) is 21.3. The first-order chi connectivity index (χ1) is 17.8. The van der Waals surface area contributed by atoms with E-state index < -0.39 is 0 Å². The van der Waals surface area contributed by atoms with Crippen molar-refractivity contribution in [2.24, 2.45) is 0 Å². The summed E-state index contributed by atoms with van der Waals surface area (Å²) >= 11 is 6.35. The van der Waals surface area contributed by atoms with Crippen molar-refractivity contribution in [3.63, 3.8) is 0 Å². The summed E-state index contributed by atoms with van der Waals surface area (Å²) < 4.78 is 7.03. The highest BCUT2D eigenvalue weighted by molar-refractivity contribution is 6.31. The van der Waals surface area contributed by atoms with Crippen LogP contribution in [0.1, 0.15) is 26.3 Å². The molecule has 2 aromatic heterocycles. The number of rotatable bonds is 9. The van der Waals surface area contributed by atoms with E-state index in [9.17, 15) is 9.59 Å². The fraction of sp³-hybridized carbons (Fsp3) is 0.286. The van der Waals surface area contributed by atoms with Gasteiger partial charge in [0.25, 0.3) is 5.56 Å². The van der Waals surface area contributed by atoms with Gasteiger partial charge in [-0.2, -0.15) is 0 Å². The molecule has 0 bridgehead atoms. The Morgan fingerprint density at radius 1 is 1.11 bits per heavy atom. The second kappa shape index (κ2) is 11.5. The van der Waals surface area contributed by atoms with Crippen LogP contribution < -0.4 is 20.9 Å². The van der Waals surface area contributed by atoms with E-state index in [1.165, 1.54) is 4.57 Å². The lowest BCUT2D eigenvalue weighted by Gasteiger charge is -2.16. The van der Waals surface area contributed by atoms with Crippen LogP contribution in [0.2, 0.25) is 5.02 Å². The average molecular weight is 520 g/mol. The molecule has 192 valence electrons. The zero-order chi connectivity index (χ0) is 26.5. The van der Waals surface area contributed by atoms with Crippen LogP contribution in [-0.4, -0.2) is 40.1 Å². The van der Waals surface area contributed by atoms with Crippen molar-refractivity contribution in [1.82, 2.24) is 25.2 Å². The van der Waals surface area contributed by atoms with Crippen molar-refractivity contribution < 1.29 is 9.53 Å². The second-order valence-electron chi connectivity index (χ2n) is 8.98. The van der Waals surface area contributed by atoms with Crippen LogP contribution >= 0.6 is 11.6 Å². The Hall–Kier alpha value is -3.75. The highest BCUT2D eigenvalue weighted by Gasteiger charge is 2.18. The Kier molecular flexibility index (Phi) is 8.21. The van der Waals surface area contributed by atoms with Crippen LogP contribution in [0.5, 0.6) is 5.75 Å². The maximum Gasteiger partial charge on any atom is 0.263 e. The molecule has 2 N–H and O–H groups in total. The summed E-state index contributed by atoms with van der Waals surface area (Å²) in [4.78, 5) is 35.8. The van der Waals surface area contributed by atoms with Crippen LogP contribution in [0.15, 0.2) is 59.5 Å². The topological polar surface area (TPSA) is 98.1 Å². The van der Waals surface area contributed by atoms with Gasteiger partial charge in [-0.05, 0) is 75.3 Å². The normalized spacial score (nSPS) is 11.2. The molecule has 4 aromatic rings. The fourth-order valence-corrected chi connectivity index (χ4v) is 4.42. The van der Waals surface area contributed by atoms with Gasteiger partial charge in [-0.25, -0.2) is 9.97 Å². The number of carbonyl (C=O) groups excluding carboxylic acids is 1. The van der Waals surface area contributed by atoms with Crippen LogP contribution in [0.25, 0.3) is 33.5 Å². The molecule has 0 saturated heterocycles. The van der Waals surface area contributed by atoms with Gasteiger partial charge in [0.2, 0.25) is 5.91 Å². The number of fused-ring (bicyclic) bond motifs is 1. The van der Waals surface area contributed by atoms with E-state index in [4.69, 9.17) is 21.3 Å². The second-order valence-corrected chi connectivity index (χ2v) is 9.42. The summed E-state index contributed by atoms with van der Waals surface area (Å²) in [6.07, 6.45) is 1.68. The van der Waals surface area contributed by atoms with Gasteiger partial charge in [-0.3, -0.25) is 14.2 Å². The van der Waals surface area contributed by atoms with Crippen LogP contribution in [0.3, 0.4) is 0 Å². The van der Waals surface area contributed by atoms with Gasteiger partial charge < -0.3 is 15.4 Å². The zero-order valence-corrected chi connectivity index (χ0v) is 22.1. The first-order valence-corrected chi connectivity index (χ1v) is 12.5. The lowest BCUT2D eigenvalue weighted by molar-refractivity contribution is -0.122. The SMILES string of the molecule is CCOc1cccc(-c2nc3ncc(-c4cc(Cl)cc(CNC)c4)cc3c(=O)n2CC(=O)NC(C)C)c1. The summed E-state index contributed by atoms with van der Waals surface area (Å²) in [7, 11) is 1.86. The Morgan fingerprint density at radius 2 is 1.92 bits per heavy atom. The minimum atomic E-state index is -0.354. The van der Waals surface area contributed by atoms with Crippen molar-refractivity contribution in [2.75, 3.05) is 13.7 Å². The first-order valence-electron chi connectivity index (χ1n) is 12.2. The first kappa shape index (κ1) is 26.3. The van der Waals surface area contributed by atoms with Crippen LogP contribution in [0.4, 0.5) is 0 Å². The molecule has 0 unspecified atom stereocenters. The lowest BCUT2D eigenvalue weighted by Crippen LogP contribution is -2.37. The van der Waals surface area contributed by atoms with E-state index in [-0.39, 0.29) is 24.1 Å². The smallest absolute Gasteiger partial charge is 0.263 e. The molecule has 0 fully saturated rings. The molecule has 2 heterocycles. The molecule has 0 aliphatic rings. The van der Waals surface area contributed by atoms with Crippen LogP contribution in [0, 0.1) is 0 Å². The van der Waals surface area contributed by atoms with Crippen molar-refractivity contribution >= 4 is 28.5 Å². The highest BCUT2D eigenvalue weighted by atomic mass is 35.5. The number of nitrogens with zero attached hydrogens (tertiary/aromatic N) is 3. The van der Waals surface area contributed by atoms with Gasteiger partial charge in [-0.1, -0.05) is 23.7 Å². The third-order valence-electron chi connectivity index (χ3n) is 5.64. The minimum Gasteiger partial charge on any atom is -0.494 e. The number of hydrogen-bond acceptors (Lipinski definition) is 6. The molecule has 0 aliphatic carbocycles. The summed E-state index contributed by atoms with van der Waals surface area (Å²) in [5.74, 6) is 0.711. The number of pyridine rings is 1. The fourth-order valence-electron chi connectivity index (χ4n) is 4.16. The lowest BCUT2D eigenvalue weighted by atomic mass is 10.0. The predicted octanol–water partition coefficient (Wildman–Crippen LogP) is 4.42. The van der Waals surface area contributed by atoms with Crippen molar-refractivity contribution in [1.29, 1.82) is 0 Å². The average Bonchev–Trinajstić information content (AvgIpc) is 2.85. The summed E-state index contributed by atoms with van der Waals surface area (Å²) in [6, 6.07) is 14.7. The molecule has 0 atom stereocenters. The third-order valence-corrected chi connectivity index (χ3v) is 5.85. The number of ether oxygens (including phenoxy) is 1. The monoisotopic (exact) mass is 519 g/mol. The molecular formula is C28H30ClN5O3. The molecule has 9 heteroatoms. The highest BCUT2D eigenvalue weighted by Crippen LogP contribution is 2.27. The Bertz CT molecular complexity index is 1500. The molecule has 0 saturated carbocycles. The molecule has 0 aliphatic heterocycles. The number of aromatic nitrogens is 3. The maximum absolute atomic E-state index is 13.8. The van der Waals surface area contributed by atoms with Gasteiger partial charge >= 0.3 is 0 Å². The van der Waals surface area contributed by atoms with Gasteiger partial charge in [0, 0.05) is 34.9 Å². The predicted molar refractivity (Wildman–Crippen MR) is 147 cm³/mol. The van der Waals surface area contributed by atoms with E-state index in [0.717, 1.165) is 16.7 Å². The Balaban J connectivity index is 1.89. The van der Waals surface area contributed by atoms with E-state index >= 15 is 0 Å². The number of halogens is 1. The molecule has 1 amide bonds. The van der Waals surface area contributed by atoms with E-state index in [0.29, 0.717) is 46.3 Å². The summed E-state index contributed by atoms with van der Waals surface area (Å²) in [5.41, 5.74) is 3.17. The molecule has 0 spiro atoms. The standard InChI is InChI=1S/C28H30ClN5O3/c1-5-37-23-8-6-7-19(12-23)27-33-26-24(28(36)34(27)16-25(35)32-17(2)3)13-21(15-31-26)20-9-18(14-30-4)10-22(29)11-20/h6-13,15,17,30H,5,14,16H2,1-4H3,(H,32,35). The van der Waals surface area contributed by atoms with Crippen molar-refractivity contribution in [3.05, 3.63) is 75.7 Å². The Morgan fingerprint density at radius 3 is 2.65 bits per heavy atom. The molecule has 2 aromatic carbocycles. The minimum absolute atomic E-state index is 0.0655. The van der Waals surface area contributed by atoms with Crippen molar-refractivity contribution in [2.45, 2.75) is 39.9 Å².